The molecule has 1 aromatic carbocycles. The minimum absolute atomic E-state index is 0. The first-order chi connectivity index (χ1) is 14.4. The molecule has 2 rings (SSSR count). The maximum absolute atomic E-state index is 9.65. The third-order valence-corrected chi connectivity index (χ3v) is 3.18. The maximum Gasteiger partial charge on any atom is 0.103 e. The molecule has 0 fully saturated rings. The van der Waals surface area contributed by atoms with Crippen LogP contribution in [0.4, 0.5) is 0 Å². The molecule has 0 spiro atoms. The number of methoxy groups -OCH3 is 1. The molecule has 0 saturated heterocycles. The summed E-state index contributed by atoms with van der Waals surface area (Å²) >= 11 is 0. The van der Waals surface area contributed by atoms with Gasteiger partial charge in [0.25, 0.3) is 0 Å². The molecule has 10 nitrogen and oxygen atoms in total. The molecule has 0 aliphatic rings. The predicted molar refractivity (Wildman–Crippen MR) is 114 cm³/mol. The monoisotopic (exact) mass is 477 g/mol. The summed E-state index contributed by atoms with van der Waals surface area (Å²) in [6.45, 7) is 6.12. The number of hydrogen-bond donors (Lipinski definition) is 4. The first-order valence-corrected chi connectivity index (χ1v) is 8.54. The van der Waals surface area contributed by atoms with Gasteiger partial charge in [0.05, 0.1) is 18.5 Å². The first-order valence-electron chi connectivity index (χ1n) is 8.54. The third kappa shape index (κ3) is 19.9. The molecule has 31 heavy (non-hydrogen) atoms. The summed E-state index contributed by atoms with van der Waals surface area (Å²) in [5.74, 6) is 0.878. The molecule has 2 aromatic rings. The smallest absolute Gasteiger partial charge is 0.103 e. The summed E-state index contributed by atoms with van der Waals surface area (Å²) in [5.41, 5.74) is 4.87. The van der Waals surface area contributed by atoms with Crippen molar-refractivity contribution in [2.75, 3.05) is 7.11 Å². The number of pyridine rings is 1. The van der Waals surface area contributed by atoms with E-state index in [9.17, 15) is 9.81 Å². The number of allylic oxidation sites excluding steroid dienone is 4. The molecule has 0 bridgehead atoms. The molecule has 0 saturated carbocycles. The fourth-order valence-electron chi connectivity index (χ4n) is 1.12. The molecule has 0 aliphatic heterocycles. The second-order valence-electron chi connectivity index (χ2n) is 5.29. The Kier molecular flexibility index (Phi) is 24.3. The molecule has 0 unspecified atom stereocenters. The fraction of sp³-hybridized carbons (Fsp3) is 0.250. The van der Waals surface area contributed by atoms with Crippen LogP contribution in [-0.4, -0.2) is 22.5 Å². The number of nitroso groups, excluding NO2 is 2. The SMILES string of the molecule is C/C(N=O)=C(\C)NO.C/C(N=O)=C(\C)NO.COc1cc[c-]cc1.[Co].c1ccncc1. The van der Waals surface area contributed by atoms with Gasteiger partial charge >= 0.3 is 0 Å². The number of aromatic nitrogens is 1. The van der Waals surface area contributed by atoms with E-state index in [1.165, 1.54) is 13.8 Å². The molecule has 0 aliphatic carbocycles. The second-order valence-corrected chi connectivity index (χ2v) is 5.29. The van der Waals surface area contributed by atoms with Gasteiger partial charge < -0.3 is 4.74 Å². The van der Waals surface area contributed by atoms with Crippen LogP contribution in [0.2, 0.25) is 0 Å². The molecule has 0 amide bonds. The van der Waals surface area contributed by atoms with E-state index < -0.39 is 0 Å². The number of nitrogens with zero attached hydrogens (tertiary/aromatic N) is 3. The minimum Gasteiger partial charge on any atom is -0.522 e. The largest absolute Gasteiger partial charge is 0.522 e. The van der Waals surface area contributed by atoms with E-state index in [4.69, 9.17) is 15.2 Å². The van der Waals surface area contributed by atoms with Crippen molar-refractivity contribution in [2.45, 2.75) is 27.7 Å². The minimum atomic E-state index is 0. The van der Waals surface area contributed by atoms with Crippen LogP contribution >= 0.6 is 0 Å². The van der Waals surface area contributed by atoms with Crippen LogP contribution in [0, 0.1) is 15.9 Å². The van der Waals surface area contributed by atoms with Crippen molar-refractivity contribution in [1.82, 2.24) is 15.9 Å². The van der Waals surface area contributed by atoms with Crippen molar-refractivity contribution in [2.24, 2.45) is 10.4 Å². The summed E-state index contributed by atoms with van der Waals surface area (Å²) < 4.78 is 4.89. The Labute approximate surface area is 192 Å². The number of hydroxylamine groups is 2. The van der Waals surface area contributed by atoms with Crippen molar-refractivity contribution in [1.29, 1.82) is 0 Å². The standard InChI is InChI=1S/C7H7O.C5H5N.2C4H8N2O2.Co/c1-8-7-5-3-2-4-6-7;1-2-4-6-5-3-1;2*1-3(5-7)4(2)6-8;/h3-6H,1H3;1-5H;2*5,7H,1-2H3;/q-1;;;;/b;;2*4-3-;. The van der Waals surface area contributed by atoms with Gasteiger partial charge in [-0.15, -0.1) is 21.9 Å². The van der Waals surface area contributed by atoms with Gasteiger partial charge in [-0.1, -0.05) is 6.07 Å². The van der Waals surface area contributed by atoms with Gasteiger partial charge in [-0.3, -0.25) is 26.4 Å². The van der Waals surface area contributed by atoms with Gasteiger partial charge in [0, 0.05) is 34.9 Å². The Hall–Kier alpha value is -3.12. The van der Waals surface area contributed by atoms with Gasteiger partial charge in [-0.05, 0) is 50.2 Å². The molecule has 1 aromatic heterocycles. The molecule has 1 radical (unpaired) electrons. The normalized spacial score (nSPS) is 10.2. The van der Waals surface area contributed by atoms with Gasteiger partial charge in [-0.25, -0.2) is 0 Å². The van der Waals surface area contributed by atoms with Gasteiger partial charge in [-0.2, -0.15) is 18.2 Å². The maximum atomic E-state index is 9.65. The van der Waals surface area contributed by atoms with Crippen molar-refractivity contribution < 1.29 is 31.9 Å². The van der Waals surface area contributed by atoms with Gasteiger partial charge in [0.15, 0.2) is 0 Å². The average molecular weight is 477 g/mol. The Morgan fingerprint density at radius 3 is 1.48 bits per heavy atom. The van der Waals surface area contributed by atoms with Crippen LogP contribution in [0.15, 0.2) is 88.0 Å². The summed E-state index contributed by atoms with van der Waals surface area (Å²) in [5, 5.41) is 21.4. The molecular weight excluding hydrogens is 449 g/mol. The van der Waals surface area contributed by atoms with Crippen LogP contribution in [-0.2, 0) is 16.8 Å². The molecule has 11 heteroatoms. The third-order valence-electron chi connectivity index (χ3n) is 3.18. The van der Waals surface area contributed by atoms with Gasteiger partial charge in [0.1, 0.15) is 11.4 Å². The summed E-state index contributed by atoms with van der Waals surface area (Å²) in [6, 6.07) is 16.0. The van der Waals surface area contributed by atoms with Crippen LogP contribution < -0.4 is 15.7 Å². The number of ether oxygens (including phenoxy) is 1. The van der Waals surface area contributed by atoms with Gasteiger partial charge in [0.2, 0.25) is 0 Å². The van der Waals surface area contributed by atoms with E-state index in [0.29, 0.717) is 11.4 Å². The van der Waals surface area contributed by atoms with Crippen LogP contribution in [0.5, 0.6) is 5.75 Å². The number of hydrogen-bond acceptors (Lipinski definition) is 10. The van der Waals surface area contributed by atoms with Crippen molar-refractivity contribution in [3.05, 3.63) is 93.5 Å². The molecule has 173 valence electrons. The summed E-state index contributed by atoms with van der Waals surface area (Å²) in [7, 11) is 1.65. The Bertz CT molecular complexity index is 702. The fourth-order valence-corrected chi connectivity index (χ4v) is 1.12. The quantitative estimate of drug-likeness (QED) is 0.279. The van der Waals surface area contributed by atoms with Crippen LogP contribution in [0.1, 0.15) is 27.7 Å². The van der Waals surface area contributed by atoms with Crippen molar-refractivity contribution >= 4 is 0 Å². The van der Waals surface area contributed by atoms with Crippen molar-refractivity contribution in [3.63, 3.8) is 0 Å². The number of nitrogens with one attached hydrogen (secondary N) is 2. The van der Waals surface area contributed by atoms with Crippen LogP contribution in [0.25, 0.3) is 0 Å². The zero-order chi connectivity index (χ0) is 23.2. The molecule has 0 atom stereocenters. The first kappa shape index (κ1) is 32.5. The average Bonchev–Trinajstić information content (AvgIpc) is 2.84. The Morgan fingerprint density at radius 1 is 0.903 bits per heavy atom. The van der Waals surface area contributed by atoms with E-state index in [0.717, 1.165) is 5.75 Å². The summed E-state index contributed by atoms with van der Waals surface area (Å²) in [4.78, 5) is 23.1. The van der Waals surface area contributed by atoms with E-state index in [1.54, 1.807) is 44.3 Å². The number of benzene rings is 1. The van der Waals surface area contributed by atoms with E-state index in [2.05, 4.69) is 21.4 Å². The zero-order valence-corrected chi connectivity index (χ0v) is 19.0. The molecule has 1 heterocycles. The van der Waals surface area contributed by atoms with E-state index >= 15 is 0 Å². The molecular formula is C20H28CoN5O5-. The topological polar surface area (TPSA) is 146 Å². The molecule has 4 N–H and O–H groups in total. The van der Waals surface area contributed by atoms with Crippen molar-refractivity contribution in [3.8, 4) is 5.75 Å². The number of rotatable bonds is 5. The van der Waals surface area contributed by atoms with E-state index in [-0.39, 0.29) is 28.2 Å². The second kappa shape index (κ2) is 23.2. The predicted octanol–water partition coefficient (Wildman–Crippen LogP) is 4.54. The van der Waals surface area contributed by atoms with E-state index in [1.807, 2.05) is 42.5 Å². The Balaban J connectivity index is -0.000000335. The summed E-state index contributed by atoms with van der Waals surface area (Å²) in [6.07, 6.45) is 3.50. The Morgan fingerprint density at radius 2 is 1.32 bits per heavy atom. The van der Waals surface area contributed by atoms with Crippen LogP contribution in [0.3, 0.4) is 0 Å². The zero-order valence-electron chi connectivity index (χ0n) is 18.0.